The lowest BCUT2D eigenvalue weighted by Crippen LogP contribution is -2.44. The van der Waals surface area contributed by atoms with Crippen molar-refractivity contribution < 1.29 is 4.74 Å². The van der Waals surface area contributed by atoms with E-state index in [0.717, 1.165) is 24.1 Å². The molecule has 1 heterocycles. The SMILES string of the molecule is CCC(N)(CC)COc1nnc(C)c(C)c1C#N. The van der Waals surface area contributed by atoms with Crippen LogP contribution in [0, 0.1) is 25.2 Å². The smallest absolute Gasteiger partial charge is 0.251 e. The molecule has 0 aliphatic heterocycles. The molecular weight excluding hydrogens is 228 g/mol. The summed E-state index contributed by atoms with van der Waals surface area (Å²) in [6.45, 7) is 8.03. The molecule has 1 aromatic rings. The molecule has 18 heavy (non-hydrogen) atoms. The van der Waals surface area contributed by atoms with Crippen molar-refractivity contribution in [3.05, 3.63) is 16.8 Å². The largest absolute Gasteiger partial charge is 0.474 e. The third kappa shape index (κ3) is 2.96. The lowest BCUT2D eigenvalue weighted by molar-refractivity contribution is 0.198. The first kappa shape index (κ1) is 14.4. The first-order chi connectivity index (χ1) is 8.47. The van der Waals surface area contributed by atoms with E-state index in [1.54, 1.807) is 0 Å². The van der Waals surface area contributed by atoms with E-state index < -0.39 is 0 Å². The van der Waals surface area contributed by atoms with Crippen LogP contribution < -0.4 is 10.5 Å². The number of aromatic nitrogens is 2. The molecule has 1 aromatic heterocycles. The quantitative estimate of drug-likeness (QED) is 0.859. The highest BCUT2D eigenvalue weighted by Gasteiger charge is 2.23. The Kier molecular flexibility index (Phi) is 4.62. The average Bonchev–Trinajstić information content (AvgIpc) is 2.39. The predicted molar refractivity (Wildman–Crippen MR) is 69.2 cm³/mol. The Morgan fingerprint density at radius 3 is 2.39 bits per heavy atom. The van der Waals surface area contributed by atoms with Gasteiger partial charge in [0.2, 0.25) is 0 Å². The van der Waals surface area contributed by atoms with E-state index in [2.05, 4.69) is 16.3 Å². The van der Waals surface area contributed by atoms with Crippen molar-refractivity contribution in [3.63, 3.8) is 0 Å². The Bertz CT molecular complexity index is 461. The molecule has 0 amide bonds. The molecule has 0 aliphatic carbocycles. The second-order valence-electron chi connectivity index (χ2n) is 4.56. The fourth-order valence-corrected chi connectivity index (χ4v) is 1.49. The van der Waals surface area contributed by atoms with Crippen LogP contribution in [0.5, 0.6) is 5.88 Å². The van der Waals surface area contributed by atoms with Gasteiger partial charge in [-0.15, -0.1) is 5.10 Å². The number of aryl methyl sites for hydroxylation is 1. The van der Waals surface area contributed by atoms with Crippen LogP contribution in [-0.2, 0) is 0 Å². The van der Waals surface area contributed by atoms with E-state index in [4.69, 9.17) is 15.7 Å². The van der Waals surface area contributed by atoms with Crippen molar-refractivity contribution in [1.29, 1.82) is 5.26 Å². The van der Waals surface area contributed by atoms with E-state index in [1.165, 1.54) is 0 Å². The van der Waals surface area contributed by atoms with Gasteiger partial charge in [0.1, 0.15) is 18.2 Å². The van der Waals surface area contributed by atoms with Gasteiger partial charge in [-0.3, -0.25) is 0 Å². The van der Waals surface area contributed by atoms with E-state index in [0.29, 0.717) is 12.2 Å². The highest BCUT2D eigenvalue weighted by Crippen LogP contribution is 2.21. The van der Waals surface area contributed by atoms with Crippen LogP contribution in [0.4, 0.5) is 0 Å². The normalized spacial score (nSPS) is 11.1. The highest BCUT2D eigenvalue weighted by molar-refractivity contribution is 5.44. The van der Waals surface area contributed by atoms with Crippen molar-refractivity contribution in [2.75, 3.05) is 6.61 Å². The number of nitrogens with two attached hydrogens (primary N) is 1. The third-order valence-electron chi connectivity index (χ3n) is 3.44. The number of nitrogens with zero attached hydrogens (tertiary/aromatic N) is 3. The minimum atomic E-state index is -0.382. The summed E-state index contributed by atoms with van der Waals surface area (Å²) in [5.41, 5.74) is 7.75. The molecule has 98 valence electrons. The molecule has 0 fully saturated rings. The third-order valence-corrected chi connectivity index (χ3v) is 3.44. The van der Waals surface area contributed by atoms with Crippen LogP contribution in [0.2, 0.25) is 0 Å². The lowest BCUT2D eigenvalue weighted by Gasteiger charge is -2.26. The van der Waals surface area contributed by atoms with Crippen molar-refractivity contribution in [2.45, 2.75) is 46.1 Å². The van der Waals surface area contributed by atoms with Gasteiger partial charge in [-0.2, -0.15) is 10.4 Å². The van der Waals surface area contributed by atoms with Gasteiger partial charge < -0.3 is 10.5 Å². The van der Waals surface area contributed by atoms with E-state index in [-0.39, 0.29) is 11.4 Å². The van der Waals surface area contributed by atoms with Crippen molar-refractivity contribution in [2.24, 2.45) is 5.73 Å². The molecule has 2 N–H and O–H groups in total. The average molecular weight is 248 g/mol. The molecule has 0 radical (unpaired) electrons. The number of rotatable bonds is 5. The second kappa shape index (κ2) is 5.78. The Morgan fingerprint density at radius 1 is 1.28 bits per heavy atom. The number of ether oxygens (including phenoxy) is 1. The summed E-state index contributed by atoms with van der Waals surface area (Å²) in [6.07, 6.45) is 1.62. The molecule has 0 saturated heterocycles. The molecule has 5 heteroatoms. The van der Waals surface area contributed by atoms with Crippen LogP contribution >= 0.6 is 0 Å². The molecule has 0 bridgehead atoms. The number of hydrogen-bond acceptors (Lipinski definition) is 5. The van der Waals surface area contributed by atoms with Gasteiger partial charge in [-0.25, -0.2) is 0 Å². The van der Waals surface area contributed by atoms with Gasteiger partial charge >= 0.3 is 0 Å². The summed E-state index contributed by atoms with van der Waals surface area (Å²) in [4.78, 5) is 0. The predicted octanol–water partition coefficient (Wildman–Crippen LogP) is 1.86. The summed E-state index contributed by atoms with van der Waals surface area (Å²) in [5, 5.41) is 17.0. The monoisotopic (exact) mass is 248 g/mol. The standard InChI is InChI=1S/C13H20N4O/c1-5-13(15,6-2)8-18-12-11(7-14)9(3)10(4)16-17-12/h5-6,8,15H2,1-4H3. The molecule has 0 spiro atoms. The highest BCUT2D eigenvalue weighted by atomic mass is 16.5. The molecule has 0 saturated carbocycles. The van der Waals surface area contributed by atoms with Gasteiger partial charge in [-0.1, -0.05) is 13.8 Å². The van der Waals surface area contributed by atoms with Gasteiger partial charge in [0.25, 0.3) is 5.88 Å². The Labute approximate surface area is 108 Å². The zero-order chi connectivity index (χ0) is 13.8. The van der Waals surface area contributed by atoms with Crippen molar-refractivity contribution in [1.82, 2.24) is 10.2 Å². The second-order valence-corrected chi connectivity index (χ2v) is 4.56. The van der Waals surface area contributed by atoms with Crippen molar-refractivity contribution in [3.8, 4) is 11.9 Å². The molecule has 0 aromatic carbocycles. The summed E-state index contributed by atoms with van der Waals surface area (Å²) in [6, 6.07) is 2.11. The fraction of sp³-hybridized carbons (Fsp3) is 0.615. The van der Waals surface area contributed by atoms with Gasteiger partial charge in [0, 0.05) is 5.54 Å². The number of nitriles is 1. The van der Waals surface area contributed by atoms with Crippen molar-refractivity contribution >= 4 is 0 Å². The maximum atomic E-state index is 9.14. The fourth-order valence-electron chi connectivity index (χ4n) is 1.49. The molecular formula is C13H20N4O. The Hall–Kier alpha value is -1.67. The summed E-state index contributed by atoms with van der Waals surface area (Å²) < 4.78 is 5.59. The first-order valence-corrected chi connectivity index (χ1v) is 6.13. The first-order valence-electron chi connectivity index (χ1n) is 6.13. The maximum Gasteiger partial charge on any atom is 0.251 e. The zero-order valence-corrected chi connectivity index (χ0v) is 11.4. The van der Waals surface area contributed by atoms with E-state index in [1.807, 2.05) is 27.7 Å². The van der Waals surface area contributed by atoms with Gasteiger partial charge in [0.05, 0.1) is 5.69 Å². The molecule has 0 unspecified atom stereocenters. The molecule has 0 aliphatic rings. The Balaban J connectivity index is 2.93. The number of hydrogen-bond donors (Lipinski definition) is 1. The van der Waals surface area contributed by atoms with Gasteiger partial charge in [-0.05, 0) is 32.3 Å². The van der Waals surface area contributed by atoms with Crippen LogP contribution in [0.25, 0.3) is 0 Å². The van der Waals surface area contributed by atoms with E-state index in [9.17, 15) is 0 Å². The minimum Gasteiger partial charge on any atom is -0.474 e. The van der Waals surface area contributed by atoms with Crippen LogP contribution in [-0.4, -0.2) is 22.3 Å². The van der Waals surface area contributed by atoms with E-state index >= 15 is 0 Å². The summed E-state index contributed by atoms with van der Waals surface area (Å²) >= 11 is 0. The van der Waals surface area contributed by atoms with Gasteiger partial charge in [0.15, 0.2) is 0 Å². The summed E-state index contributed by atoms with van der Waals surface area (Å²) in [7, 11) is 0. The maximum absolute atomic E-state index is 9.14. The molecule has 1 rings (SSSR count). The Morgan fingerprint density at radius 2 is 1.89 bits per heavy atom. The minimum absolute atomic E-state index is 0.275. The van der Waals surface area contributed by atoms with Crippen LogP contribution in [0.1, 0.15) is 43.5 Å². The topological polar surface area (TPSA) is 84.8 Å². The zero-order valence-electron chi connectivity index (χ0n) is 11.4. The lowest BCUT2D eigenvalue weighted by atomic mass is 9.96. The van der Waals surface area contributed by atoms with Crippen LogP contribution in [0.3, 0.4) is 0 Å². The molecule has 5 nitrogen and oxygen atoms in total. The summed E-state index contributed by atoms with van der Waals surface area (Å²) in [5.74, 6) is 0.275. The van der Waals surface area contributed by atoms with Crippen LogP contribution in [0.15, 0.2) is 0 Å². The molecule has 0 atom stereocenters.